The number of para-hydroxylation sites is 1. The van der Waals surface area contributed by atoms with Crippen molar-refractivity contribution in [2.75, 3.05) is 40.5 Å². The molecule has 0 radical (unpaired) electrons. The van der Waals surface area contributed by atoms with Gasteiger partial charge in [-0.2, -0.15) is 0 Å². The van der Waals surface area contributed by atoms with E-state index in [2.05, 4.69) is 4.99 Å². The smallest absolute Gasteiger partial charge is 0.338 e. The van der Waals surface area contributed by atoms with Gasteiger partial charge in [-0.1, -0.05) is 35.6 Å². The number of ether oxygens (including phenoxy) is 4. The van der Waals surface area contributed by atoms with Crippen molar-refractivity contribution in [1.29, 1.82) is 0 Å². The maximum atomic E-state index is 13.9. The van der Waals surface area contributed by atoms with Gasteiger partial charge < -0.3 is 23.8 Å². The number of carbonyl (C=O) groups is 2. The van der Waals surface area contributed by atoms with Crippen LogP contribution in [0.25, 0.3) is 6.08 Å². The first kappa shape index (κ1) is 29.1. The van der Waals surface area contributed by atoms with Gasteiger partial charge in [0.2, 0.25) is 0 Å². The Morgan fingerprint density at radius 1 is 1.05 bits per heavy atom. The lowest BCUT2D eigenvalue weighted by Crippen LogP contribution is -2.40. The lowest BCUT2D eigenvalue weighted by Gasteiger charge is -2.25. The number of esters is 1. The van der Waals surface area contributed by atoms with Crippen LogP contribution in [-0.4, -0.2) is 61.9 Å². The van der Waals surface area contributed by atoms with Crippen molar-refractivity contribution in [2.45, 2.75) is 32.7 Å². The van der Waals surface area contributed by atoms with Crippen molar-refractivity contribution < 1.29 is 28.5 Å². The van der Waals surface area contributed by atoms with E-state index in [4.69, 9.17) is 18.9 Å². The van der Waals surface area contributed by atoms with Crippen LogP contribution in [0.15, 0.2) is 63.5 Å². The molecule has 0 N–H and O–H groups in total. The van der Waals surface area contributed by atoms with Gasteiger partial charge in [0, 0.05) is 18.7 Å². The van der Waals surface area contributed by atoms with Crippen LogP contribution in [0, 0.1) is 0 Å². The molecule has 2 aliphatic rings. The third kappa shape index (κ3) is 5.69. The Balaban J connectivity index is 1.53. The molecule has 1 atom stereocenters. The highest BCUT2D eigenvalue weighted by atomic mass is 32.1. The second-order valence-electron chi connectivity index (χ2n) is 9.83. The number of amides is 1. The molecule has 0 bridgehead atoms. The minimum atomic E-state index is -0.781. The maximum absolute atomic E-state index is 13.9. The first-order chi connectivity index (χ1) is 20.4. The second-order valence-corrected chi connectivity index (χ2v) is 10.8. The predicted octanol–water partition coefficient (Wildman–Crippen LogP) is 2.82. The molecule has 3 aromatic rings. The van der Waals surface area contributed by atoms with Crippen molar-refractivity contribution in [3.05, 3.63) is 84.5 Å². The number of fused-ring (bicyclic) bond motifs is 1. The number of hydrogen-bond acceptors (Lipinski definition) is 9. The Morgan fingerprint density at radius 3 is 2.50 bits per heavy atom. The average Bonchev–Trinajstić information content (AvgIpc) is 3.64. The fraction of sp³-hybridized carbons (Fsp3) is 0.355. The van der Waals surface area contributed by atoms with Gasteiger partial charge in [-0.3, -0.25) is 14.2 Å². The molecule has 1 saturated heterocycles. The zero-order valence-electron chi connectivity index (χ0n) is 24.0. The third-order valence-electron chi connectivity index (χ3n) is 7.25. The average molecular weight is 592 g/mol. The number of hydrogen-bond donors (Lipinski definition) is 0. The zero-order chi connectivity index (χ0) is 29.8. The van der Waals surface area contributed by atoms with Crippen molar-refractivity contribution in [3.63, 3.8) is 0 Å². The molecule has 1 amide bonds. The van der Waals surface area contributed by atoms with Crippen molar-refractivity contribution in [1.82, 2.24) is 9.47 Å². The van der Waals surface area contributed by atoms with Gasteiger partial charge in [0.05, 0.1) is 36.6 Å². The molecular weight excluding hydrogens is 558 g/mol. The molecular formula is C31H33N3O7S. The van der Waals surface area contributed by atoms with Crippen LogP contribution in [0.2, 0.25) is 0 Å². The van der Waals surface area contributed by atoms with Gasteiger partial charge in [-0.25, -0.2) is 9.79 Å². The summed E-state index contributed by atoms with van der Waals surface area (Å²) in [6.07, 6.45) is 3.77. The molecule has 220 valence electrons. The molecule has 0 aliphatic carbocycles. The summed E-state index contributed by atoms with van der Waals surface area (Å²) in [6, 6.07) is 11.8. The SMILES string of the molecule is CCOC(=O)C1=C(C)N=c2s/c(=C/c3ccc(OCC(=O)N4CCCC4)c(OC)c3)c(=O)n2[C@@H]1c1ccccc1OC. The summed E-state index contributed by atoms with van der Waals surface area (Å²) in [6.45, 7) is 5.11. The first-order valence-corrected chi connectivity index (χ1v) is 14.6. The number of methoxy groups -OCH3 is 2. The van der Waals surface area contributed by atoms with Crippen molar-refractivity contribution in [2.24, 2.45) is 4.99 Å². The van der Waals surface area contributed by atoms with Crippen LogP contribution in [-0.2, 0) is 14.3 Å². The lowest BCUT2D eigenvalue weighted by atomic mass is 9.95. The van der Waals surface area contributed by atoms with Crippen LogP contribution < -0.4 is 29.1 Å². The molecule has 2 aliphatic heterocycles. The molecule has 11 heteroatoms. The molecule has 5 rings (SSSR count). The van der Waals surface area contributed by atoms with E-state index >= 15 is 0 Å². The van der Waals surface area contributed by atoms with E-state index in [1.54, 1.807) is 56.2 Å². The van der Waals surface area contributed by atoms with Gasteiger partial charge in [0.1, 0.15) is 11.8 Å². The lowest BCUT2D eigenvalue weighted by molar-refractivity contribution is -0.139. The number of benzene rings is 2. The first-order valence-electron chi connectivity index (χ1n) is 13.8. The van der Waals surface area contributed by atoms with E-state index in [1.165, 1.54) is 23.0 Å². The summed E-state index contributed by atoms with van der Waals surface area (Å²) in [5, 5.41) is 0. The van der Waals surface area contributed by atoms with E-state index in [-0.39, 0.29) is 30.3 Å². The van der Waals surface area contributed by atoms with E-state index in [0.717, 1.165) is 25.9 Å². The molecule has 42 heavy (non-hydrogen) atoms. The fourth-order valence-corrected chi connectivity index (χ4v) is 6.27. The van der Waals surface area contributed by atoms with E-state index in [1.807, 2.05) is 18.2 Å². The number of rotatable bonds is 9. The molecule has 1 aromatic heterocycles. The van der Waals surface area contributed by atoms with Gasteiger partial charge in [-0.05, 0) is 56.5 Å². The van der Waals surface area contributed by atoms with Gasteiger partial charge >= 0.3 is 5.97 Å². The highest BCUT2D eigenvalue weighted by Crippen LogP contribution is 2.35. The standard InChI is InChI=1S/C31H33N3O7S/c1-5-40-30(37)27-19(2)32-31-34(28(27)21-10-6-7-11-22(21)38-3)29(36)25(42-31)17-20-12-13-23(24(16-20)39-4)41-18-26(35)33-14-8-9-15-33/h6-7,10-13,16-17,28H,5,8-9,14-15,18H2,1-4H3/b25-17+/t28-/m1/s1. The Hall–Kier alpha value is -4.38. The molecule has 10 nitrogen and oxygen atoms in total. The normalized spacial score (nSPS) is 16.6. The minimum absolute atomic E-state index is 0.0539. The zero-order valence-corrected chi connectivity index (χ0v) is 24.9. The van der Waals surface area contributed by atoms with Crippen LogP contribution in [0.4, 0.5) is 0 Å². The number of aromatic nitrogens is 1. The summed E-state index contributed by atoms with van der Waals surface area (Å²) < 4.78 is 24.2. The Kier molecular flexibility index (Phi) is 8.77. The Bertz CT molecular complexity index is 1720. The largest absolute Gasteiger partial charge is 0.496 e. The van der Waals surface area contributed by atoms with Crippen molar-refractivity contribution >= 4 is 29.3 Å². The molecule has 3 heterocycles. The maximum Gasteiger partial charge on any atom is 0.338 e. The Labute approximate surface area is 247 Å². The molecule has 2 aromatic carbocycles. The summed E-state index contributed by atoms with van der Waals surface area (Å²) in [5.74, 6) is 0.832. The van der Waals surface area contributed by atoms with E-state index in [0.29, 0.717) is 43.4 Å². The number of allylic oxidation sites excluding steroid dienone is 1. The minimum Gasteiger partial charge on any atom is -0.496 e. The third-order valence-corrected chi connectivity index (χ3v) is 8.23. The quantitative estimate of drug-likeness (QED) is 0.352. The number of carbonyl (C=O) groups excluding carboxylic acids is 2. The second kappa shape index (κ2) is 12.6. The summed E-state index contributed by atoms with van der Waals surface area (Å²) in [5.41, 5.74) is 1.80. The highest BCUT2D eigenvalue weighted by Gasteiger charge is 2.35. The predicted molar refractivity (Wildman–Crippen MR) is 158 cm³/mol. The Morgan fingerprint density at radius 2 is 1.79 bits per heavy atom. The van der Waals surface area contributed by atoms with Crippen LogP contribution in [0.3, 0.4) is 0 Å². The summed E-state index contributed by atoms with van der Waals surface area (Å²) in [7, 11) is 3.07. The van der Waals surface area contributed by atoms with Crippen LogP contribution in [0.1, 0.15) is 43.9 Å². The van der Waals surface area contributed by atoms with Gasteiger partial charge in [0.25, 0.3) is 11.5 Å². The van der Waals surface area contributed by atoms with Crippen molar-refractivity contribution in [3.8, 4) is 17.2 Å². The molecule has 0 spiro atoms. The topological polar surface area (TPSA) is 109 Å². The van der Waals surface area contributed by atoms with E-state index in [9.17, 15) is 14.4 Å². The summed E-state index contributed by atoms with van der Waals surface area (Å²) in [4.78, 5) is 46.4. The van der Waals surface area contributed by atoms with Gasteiger partial charge in [0.15, 0.2) is 22.9 Å². The van der Waals surface area contributed by atoms with Gasteiger partial charge in [-0.15, -0.1) is 0 Å². The summed E-state index contributed by atoms with van der Waals surface area (Å²) >= 11 is 1.22. The highest BCUT2D eigenvalue weighted by molar-refractivity contribution is 7.07. The van der Waals surface area contributed by atoms with Crippen LogP contribution >= 0.6 is 11.3 Å². The number of likely N-dealkylation sites (tertiary alicyclic amines) is 1. The monoisotopic (exact) mass is 591 g/mol. The number of thiazole rings is 1. The molecule has 0 saturated carbocycles. The fourth-order valence-electron chi connectivity index (χ4n) is 5.22. The van der Waals surface area contributed by atoms with E-state index < -0.39 is 12.0 Å². The van der Waals surface area contributed by atoms with Crippen LogP contribution in [0.5, 0.6) is 17.2 Å². The molecule has 1 fully saturated rings. The number of nitrogens with zero attached hydrogens (tertiary/aromatic N) is 3. The molecule has 0 unspecified atom stereocenters.